The van der Waals surface area contributed by atoms with E-state index in [0.29, 0.717) is 17.9 Å². The molecule has 0 aromatic carbocycles. The molecule has 0 bridgehead atoms. The van der Waals surface area contributed by atoms with Crippen LogP contribution in [0, 0.1) is 17.8 Å². The molecule has 2 aliphatic carbocycles. The van der Waals surface area contributed by atoms with Crippen LogP contribution in [0.1, 0.15) is 51.4 Å². The molecule has 3 heteroatoms. The predicted octanol–water partition coefficient (Wildman–Crippen LogP) is 2.41. The lowest BCUT2D eigenvalue weighted by Crippen LogP contribution is -2.44. The molecule has 2 unspecified atom stereocenters. The van der Waals surface area contributed by atoms with Crippen LogP contribution in [0.2, 0.25) is 0 Å². The maximum atomic E-state index is 12.6. The van der Waals surface area contributed by atoms with Gasteiger partial charge in [-0.2, -0.15) is 0 Å². The Morgan fingerprint density at radius 3 is 2.42 bits per heavy atom. The number of carbonyl (C=O) groups excluding carboxylic acids is 1. The van der Waals surface area contributed by atoms with Crippen molar-refractivity contribution in [1.82, 2.24) is 10.2 Å². The second-order valence-electron chi connectivity index (χ2n) is 6.83. The molecule has 1 saturated heterocycles. The number of amides is 1. The number of hydrogen-bond acceptors (Lipinski definition) is 2. The summed E-state index contributed by atoms with van der Waals surface area (Å²) in [4.78, 5) is 14.6. The molecule has 2 atom stereocenters. The van der Waals surface area contributed by atoms with E-state index < -0.39 is 0 Å². The molecule has 1 N–H and O–H groups in total. The summed E-state index contributed by atoms with van der Waals surface area (Å²) in [5.74, 6) is 2.42. The maximum absolute atomic E-state index is 12.6. The smallest absolute Gasteiger partial charge is 0.225 e. The molecule has 3 fully saturated rings. The van der Waals surface area contributed by atoms with Gasteiger partial charge in [0.2, 0.25) is 5.91 Å². The molecule has 108 valence electrons. The Morgan fingerprint density at radius 1 is 1.05 bits per heavy atom. The summed E-state index contributed by atoms with van der Waals surface area (Å²) in [6, 6.07) is 0.487. The highest BCUT2D eigenvalue weighted by atomic mass is 16.2. The first-order valence-electron chi connectivity index (χ1n) is 8.25. The van der Waals surface area contributed by atoms with Crippen molar-refractivity contribution in [1.29, 1.82) is 0 Å². The van der Waals surface area contributed by atoms with Gasteiger partial charge in [-0.25, -0.2) is 0 Å². The molecular formula is C16H28N2O. The normalized spacial score (nSPS) is 33.1. The van der Waals surface area contributed by atoms with Gasteiger partial charge in [-0.1, -0.05) is 32.1 Å². The third kappa shape index (κ3) is 2.96. The number of piperidine rings is 1. The van der Waals surface area contributed by atoms with Crippen molar-refractivity contribution in [3.63, 3.8) is 0 Å². The van der Waals surface area contributed by atoms with Gasteiger partial charge in [0.05, 0.1) is 0 Å². The van der Waals surface area contributed by atoms with Crippen LogP contribution in [0.15, 0.2) is 0 Å². The van der Waals surface area contributed by atoms with Gasteiger partial charge in [0.1, 0.15) is 0 Å². The van der Waals surface area contributed by atoms with Gasteiger partial charge in [-0.15, -0.1) is 0 Å². The van der Waals surface area contributed by atoms with Gasteiger partial charge in [0.25, 0.3) is 0 Å². The first kappa shape index (κ1) is 13.4. The highest BCUT2D eigenvalue weighted by Crippen LogP contribution is 2.50. The van der Waals surface area contributed by atoms with Crippen LogP contribution in [-0.4, -0.2) is 37.0 Å². The van der Waals surface area contributed by atoms with E-state index in [9.17, 15) is 4.79 Å². The van der Waals surface area contributed by atoms with Crippen molar-refractivity contribution < 1.29 is 4.79 Å². The van der Waals surface area contributed by atoms with Crippen molar-refractivity contribution in [2.45, 2.75) is 57.4 Å². The lowest BCUT2D eigenvalue weighted by atomic mass is 9.85. The highest BCUT2D eigenvalue weighted by molar-refractivity contribution is 5.81. The summed E-state index contributed by atoms with van der Waals surface area (Å²) in [5, 5.41) is 3.38. The topological polar surface area (TPSA) is 32.3 Å². The van der Waals surface area contributed by atoms with E-state index in [0.717, 1.165) is 37.8 Å². The second kappa shape index (κ2) is 5.82. The van der Waals surface area contributed by atoms with Gasteiger partial charge < -0.3 is 10.2 Å². The molecule has 3 aliphatic rings. The largest absolute Gasteiger partial charge is 0.342 e. The summed E-state index contributed by atoms with van der Waals surface area (Å²) in [5.41, 5.74) is 0. The van der Waals surface area contributed by atoms with E-state index in [1.165, 1.54) is 38.5 Å². The molecule has 1 amide bonds. The van der Waals surface area contributed by atoms with E-state index in [-0.39, 0.29) is 0 Å². The summed E-state index contributed by atoms with van der Waals surface area (Å²) in [6.45, 7) is 2.14. The van der Waals surface area contributed by atoms with Crippen LogP contribution < -0.4 is 5.32 Å². The monoisotopic (exact) mass is 264 g/mol. The van der Waals surface area contributed by atoms with Gasteiger partial charge in [0.15, 0.2) is 0 Å². The number of nitrogens with zero attached hydrogens (tertiary/aromatic N) is 1. The van der Waals surface area contributed by atoms with E-state index in [1.807, 2.05) is 7.05 Å². The number of nitrogens with one attached hydrogen (secondary N) is 1. The third-order valence-electron chi connectivity index (χ3n) is 5.62. The zero-order chi connectivity index (χ0) is 13.2. The average Bonchev–Trinajstić information content (AvgIpc) is 3.28. The van der Waals surface area contributed by atoms with Crippen molar-refractivity contribution in [2.75, 3.05) is 20.1 Å². The lowest BCUT2D eigenvalue weighted by molar-refractivity contribution is -0.134. The minimum atomic E-state index is 0.378. The Labute approximate surface area is 117 Å². The van der Waals surface area contributed by atoms with E-state index in [1.54, 1.807) is 0 Å². The van der Waals surface area contributed by atoms with Crippen molar-refractivity contribution in [3.05, 3.63) is 0 Å². The van der Waals surface area contributed by atoms with E-state index in [4.69, 9.17) is 0 Å². The zero-order valence-corrected chi connectivity index (χ0v) is 12.2. The first-order chi connectivity index (χ1) is 9.27. The summed E-state index contributed by atoms with van der Waals surface area (Å²) >= 11 is 0. The van der Waals surface area contributed by atoms with Crippen LogP contribution >= 0.6 is 0 Å². The molecule has 0 spiro atoms. The van der Waals surface area contributed by atoms with Gasteiger partial charge in [-0.3, -0.25) is 4.79 Å². The van der Waals surface area contributed by atoms with Gasteiger partial charge in [0, 0.05) is 19.0 Å². The minimum Gasteiger partial charge on any atom is -0.342 e. The second-order valence-corrected chi connectivity index (χ2v) is 6.83. The third-order valence-corrected chi connectivity index (χ3v) is 5.62. The number of hydrogen-bond donors (Lipinski definition) is 1. The van der Waals surface area contributed by atoms with Crippen LogP contribution in [0.25, 0.3) is 0 Å². The molecule has 1 heterocycles. The Balaban J connectivity index is 1.50. The van der Waals surface area contributed by atoms with Crippen LogP contribution in [0.3, 0.4) is 0 Å². The van der Waals surface area contributed by atoms with Crippen molar-refractivity contribution in [3.8, 4) is 0 Å². The molecule has 3 nitrogen and oxygen atoms in total. The molecule has 0 radical (unpaired) electrons. The molecule has 0 aromatic rings. The Bertz CT molecular complexity index is 319. The average molecular weight is 264 g/mol. The maximum Gasteiger partial charge on any atom is 0.225 e. The lowest BCUT2D eigenvalue weighted by Gasteiger charge is -2.32. The minimum absolute atomic E-state index is 0.378. The van der Waals surface area contributed by atoms with Crippen molar-refractivity contribution in [2.24, 2.45) is 17.8 Å². The Kier molecular flexibility index (Phi) is 4.11. The Hall–Kier alpha value is -0.570. The fourth-order valence-corrected chi connectivity index (χ4v) is 4.22. The summed E-state index contributed by atoms with van der Waals surface area (Å²) in [7, 11) is 2.04. The SMILES string of the molecule is CN(C(=O)C1CC1C1CCCCC1)C1CCNCC1. The first-order valence-corrected chi connectivity index (χ1v) is 8.25. The van der Waals surface area contributed by atoms with Crippen LogP contribution in [0.5, 0.6) is 0 Å². The summed E-state index contributed by atoms with van der Waals surface area (Å²) in [6.07, 6.45) is 10.4. The van der Waals surface area contributed by atoms with Crippen LogP contribution in [-0.2, 0) is 4.79 Å². The van der Waals surface area contributed by atoms with Crippen molar-refractivity contribution >= 4 is 5.91 Å². The molecule has 1 aliphatic heterocycles. The number of carbonyl (C=O) groups is 1. The van der Waals surface area contributed by atoms with E-state index in [2.05, 4.69) is 10.2 Å². The van der Waals surface area contributed by atoms with Gasteiger partial charge in [-0.05, 0) is 44.2 Å². The standard InChI is InChI=1S/C16H28N2O/c1-18(13-7-9-17-10-8-13)16(19)15-11-14(15)12-5-3-2-4-6-12/h12-15,17H,2-11H2,1H3. The van der Waals surface area contributed by atoms with E-state index >= 15 is 0 Å². The fourth-order valence-electron chi connectivity index (χ4n) is 4.22. The predicted molar refractivity (Wildman–Crippen MR) is 76.8 cm³/mol. The molecule has 2 saturated carbocycles. The fraction of sp³-hybridized carbons (Fsp3) is 0.938. The molecule has 19 heavy (non-hydrogen) atoms. The van der Waals surface area contributed by atoms with Gasteiger partial charge >= 0.3 is 0 Å². The molecular weight excluding hydrogens is 236 g/mol. The molecule has 0 aromatic heterocycles. The zero-order valence-electron chi connectivity index (χ0n) is 12.2. The Morgan fingerprint density at radius 2 is 1.74 bits per heavy atom. The highest BCUT2D eigenvalue weighted by Gasteiger charge is 2.48. The quantitative estimate of drug-likeness (QED) is 0.849. The van der Waals surface area contributed by atoms with Crippen LogP contribution in [0.4, 0.5) is 0 Å². The molecule has 3 rings (SSSR count). The number of rotatable bonds is 3. The summed E-state index contributed by atoms with van der Waals surface area (Å²) < 4.78 is 0.